The molecular formula is C21H30N2OS. The smallest absolute Gasteiger partial charge is 0.0474 e. The third kappa shape index (κ3) is 5.20. The van der Waals surface area contributed by atoms with Crippen LogP contribution in [0, 0.1) is 0 Å². The second-order valence-corrected chi connectivity index (χ2v) is 7.62. The lowest BCUT2D eigenvalue weighted by Gasteiger charge is -2.27. The van der Waals surface area contributed by atoms with Gasteiger partial charge in [-0.25, -0.2) is 0 Å². The number of thiol groups is 1. The SMILES string of the molecule is COCCCN(CCc1cccc2ccccc12)C[C@H]1NCC[C@H]1S. The van der Waals surface area contributed by atoms with Gasteiger partial charge in [-0.15, -0.1) is 0 Å². The molecule has 0 bridgehead atoms. The maximum Gasteiger partial charge on any atom is 0.0474 e. The summed E-state index contributed by atoms with van der Waals surface area (Å²) in [6.07, 6.45) is 3.33. The molecule has 1 heterocycles. The zero-order chi connectivity index (χ0) is 17.5. The van der Waals surface area contributed by atoms with Crippen LogP contribution in [0.15, 0.2) is 42.5 Å². The molecule has 0 aliphatic carbocycles. The summed E-state index contributed by atoms with van der Waals surface area (Å²) in [7, 11) is 1.78. The zero-order valence-corrected chi connectivity index (χ0v) is 16.1. The molecule has 3 rings (SSSR count). The van der Waals surface area contributed by atoms with Crippen LogP contribution in [0.5, 0.6) is 0 Å². The molecule has 0 unspecified atom stereocenters. The molecule has 1 fully saturated rings. The van der Waals surface area contributed by atoms with Gasteiger partial charge in [-0.2, -0.15) is 12.6 Å². The molecule has 0 radical (unpaired) electrons. The summed E-state index contributed by atoms with van der Waals surface area (Å²) in [6.45, 7) is 5.15. The first-order chi connectivity index (χ1) is 12.3. The van der Waals surface area contributed by atoms with E-state index in [4.69, 9.17) is 17.4 Å². The molecule has 0 amide bonds. The summed E-state index contributed by atoms with van der Waals surface area (Å²) in [4.78, 5) is 2.58. The lowest BCUT2D eigenvalue weighted by atomic mass is 10.0. The number of methoxy groups -OCH3 is 1. The molecule has 1 aliphatic rings. The third-order valence-corrected chi connectivity index (χ3v) is 5.78. The quantitative estimate of drug-likeness (QED) is 0.531. The Morgan fingerprint density at radius 3 is 2.80 bits per heavy atom. The lowest BCUT2D eigenvalue weighted by molar-refractivity contribution is 0.168. The van der Waals surface area contributed by atoms with E-state index in [2.05, 4.69) is 52.7 Å². The van der Waals surface area contributed by atoms with Crippen LogP contribution in [0.2, 0.25) is 0 Å². The molecular weight excluding hydrogens is 328 g/mol. The molecule has 2 aromatic carbocycles. The van der Waals surface area contributed by atoms with Crippen molar-refractivity contribution >= 4 is 23.4 Å². The van der Waals surface area contributed by atoms with Gasteiger partial charge in [-0.1, -0.05) is 42.5 Å². The Hall–Kier alpha value is -1.07. The van der Waals surface area contributed by atoms with E-state index in [0.29, 0.717) is 11.3 Å². The van der Waals surface area contributed by atoms with Gasteiger partial charge in [0.2, 0.25) is 0 Å². The van der Waals surface area contributed by atoms with Crippen molar-refractivity contribution in [2.75, 3.05) is 39.9 Å². The van der Waals surface area contributed by atoms with E-state index in [1.165, 1.54) is 22.8 Å². The molecule has 1 aliphatic heterocycles. The van der Waals surface area contributed by atoms with Crippen molar-refractivity contribution in [1.29, 1.82) is 0 Å². The van der Waals surface area contributed by atoms with Crippen LogP contribution in [0.4, 0.5) is 0 Å². The Labute approximate surface area is 157 Å². The van der Waals surface area contributed by atoms with E-state index in [0.717, 1.165) is 45.6 Å². The first-order valence-corrected chi connectivity index (χ1v) is 9.89. The van der Waals surface area contributed by atoms with Gasteiger partial charge in [0.15, 0.2) is 0 Å². The highest BCUT2D eigenvalue weighted by Gasteiger charge is 2.25. The van der Waals surface area contributed by atoms with Crippen molar-refractivity contribution in [3.63, 3.8) is 0 Å². The van der Waals surface area contributed by atoms with E-state index < -0.39 is 0 Å². The van der Waals surface area contributed by atoms with E-state index in [9.17, 15) is 0 Å². The van der Waals surface area contributed by atoms with E-state index >= 15 is 0 Å². The monoisotopic (exact) mass is 358 g/mol. The molecule has 0 aromatic heterocycles. The van der Waals surface area contributed by atoms with Crippen molar-refractivity contribution in [2.45, 2.75) is 30.6 Å². The number of nitrogens with zero attached hydrogens (tertiary/aromatic N) is 1. The summed E-state index contributed by atoms with van der Waals surface area (Å²) >= 11 is 4.74. The van der Waals surface area contributed by atoms with Gasteiger partial charge in [0.05, 0.1) is 0 Å². The molecule has 25 heavy (non-hydrogen) atoms. The van der Waals surface area contributed by atoms with Gasteiger partial charge in [-0.3, -0.25) is 0 Å². The van der Waals surface area contributed by atoms with Crippen molar-refractivity contribution in [3.8, 4) is 0 Å². The fourth-order valence-corrected chi connectivity index (χ4v) is 4.06. The average Bonchev–Trinajstić information content (AvgIpc) is 3.04. The number of benzene rings is 2. The normalized spacial score (nSPS) is 20.6. The van der Waals surface area contributed by atoms with Gasteiger partial charge >= 0.3 is 0 Å². The van der Waals surface area contributed by atoms with Crippen LogP contribution in [0.1, 0.15) is 18.4 Å². The average molecular weight is 359 g/mol. The van der Waals surface area contributed by atoms with Crippen molar-refractivity contribution in [3.05, 3.63) is 48.0 Å². The summed E-state index contributed by atoms with van der Waals surface area (Å²) in [5, 5.41) is 6.79. The zero-order valence-electron chi connectivity index (χ0n) is 15.2. The summed E-state index contributed by atoms with van der Waals surface area (Å²) in [5.41, 5.74) is 1.44. The van der Waals surface area contributed by atoms with Crippen LogP contribution in [0.25, 0.3) is 10.8 Å². The van der Waals surface area contributed by atoms with Crippen molar-refractivity contribution < 1.29 is 4.74 Å². The molecule has 1 saturated heterocycles. The number of hydrogen-bond donors (Lipinski definition) is 2. The van der Waals surface area contributed by atoms with Crippen LogP contribution in [-0.4, -0.2) is 56.1 Å². The predicted octanol–water partition coefficient (Wildman–Crippen LogP) is 3.38. The minimum absolute atomic E-state index is 0.475. The Morgan fingerprint density at radius 1 is 1.16 bits per heavy atom. The van der Waals surface area contributed by atoms with Crippen molar-refractivity contribution in [1.82, 2.24) is 10.2 Å². The molecule has 2 atom stereocenters. The summed E-state index contributed by atoms with van der Waals surface area (Å²) < 4.78 is 5.25. The predicted molar refractivity (Wildman–Crippen MR) is 110 cm³/mol. The van der Waals surface area contributed by atoms with Crippen LogP contribution < -0.4 is 5.32 Å². The molecule has 2 aromatic rings. The number of rotatable bonds is 9. The number of nitrogens with one attached hydrogen (secondary N) is 1. The summed E-state index contributed by atoms with van der Waals surface area (Å²) in [5.74, 6) is 0. The van der Waals surface area contributed by atoms with Gasteiger partial charge in [0.25, 0.3) is 0 Å². The van der Waals surface area contributed by atoms with Crippen LogP contribution in [0.3, 0.4) is 0 Å². The fourth-order valence-electron chi connectivity index (χ4n) is 3.73. The summed E-state index contributed by atoms with van der Waals surface area (Å²) in [6, 6.07) is 15.8. The van der Waals surface area contributed by atoms with Crippen molar-refractivity contribution in [2.24, 2.45) is 0 Å². The van der Waals surface area contributed by atoms with Gasteiger partial charge < -0.3 is 15.0 Å². The van der Waals surface area contributed by atoms with E-state index in [1.54, 1.807) is 7.11 Å². The maximum atomic E-state index is 5.25. The standard InChI is InChI=1S/C21H30N2OS/c1-24-15-5-13-23(16-20-21(25)10-12-22-20)14-11-18-8-4-7-17-6-2-3-9-19(17)18/h2-4,6-9,20-22,25H,5,10-16H2,1H3/t20-,21-/m1/s1. The van der Waals surface area contributed by atoms with Crippen LogP contribution in [-0.2, 0) is 11.2 Å². The fraction of sp³-hybridized carbons (Fsp3) is 0.524. The molecule has 1 N–H and O–H groups in total. The highest BCUT2D eigenvalue weighted by molar-refractivity contribution is 7.81. The molecule has 3 nitrogen and oxygen atoms in total. The van der Waals surface area contributed by atoms with Gasteiger partial charge in [0, 0.05) is 44.6 Å². The Balaban J connectivity index is 1.64. The topological polar surface area (TPSA) is 24.5 Å². The molecule has 4 heteroatoms. The lowest BCUT2D eigenvalue weighted by Crippen LogP contribution is -2.42. The van der Waals surface area contributed by atoms with Gasteiger partial charge in [0.1, 0.15) is 0 Å². The van der Waals surface area contributed by atoms with E-state index in [-0.39, 0.29) is 0 Å². The second kappa shape index (κ2) is 9.58. The maximum absolute atomic E-state index is 5.25. The number of hydrogen-bond acceptors (Lipinski definition) is 4. The Kier molecular flexibility index (Phi) is 7.17. The van der Waals surface area contributed by atoms with Gasteiger partial charge in [-0.05, 0) is 42.1 Å². The minimum atomic E-state index is 0.475. The Morgan fingerprint density at radius 2 is 2.00 bits per heavy atom. The van der Waals surface area contributed by atoms with E-state index in [1.807, 2.05) is 0 Å². The van der Waals surface area contributed by atoms with Crippen LogP contribution >= 0.6 is 12.6 Å². The largest absolute Gasteiger partial charge is 0.385 e. The molecule has 0 saturated carbocycles. The first-order valence-electron chi connectivity index (χ1n) is 9.37. The molecule has 0 spiro atoms. The third-order valence-electron chi connectivity index (χ3n) is 5.17. The highest BCUT2D eigenvalue weighted by Crippen LogP contribution is 2.20. The molecule has 136 valence electrons. The minimum Gasteiger partial charge on any atom is -0.385 e. The number of fused-ring (bicyclic) bond motifs is 1. The highest BCUT2D eigenvalue weighted by atomic mass is 32.1. The first kappa shape index (κ1) is 18.7. The number of ether oxygens (including phenoxy) is 1. The second-order valence-electron chi connectivity index (χ2n) is 6.95. The Bertz CT molecular complexity index is 658.